The molecule has 144 valence electrons. The van der Waals surface area contributed by atoms with Crippen molar-refractivity contribution in [1.29, 1.82) is 0 Å². The summed E-state index contributed by atoms with van der Waals surface area (Å²) >= 11 is 0. The average molecular weight is 383 g/mol. The highest BCUT2D eigenvalue weighted by molar-refractivity contribution is 5.94. The largest absolute Gasteiger partial charge is 0.478 e. The Bertz CT molecular complexity index is 1030. The molecule has 0 unspecified atom stereocenters. The average Bonchev–Trinajstić information content (AvgIpc) is 3.16. The topological polar surface area (TPSA) is 136 Å². The van der Waals surface area contributed by atoms with Gasteiger partial charge >= 0.3 is 11.9 Å². The monoisotopic (exact) mass is 383 g/mol. The van der Waals surface area contributed by atoms with Crippen LogP contribution in [-0.2, 0) is 0 Å². The molecular weight excluding hydrogens is 366 g/mol. The summed E-state index contributed by atoms with van der Waals surface area (Å²) in [5, 5.41) is 27.8. The van der Waals surface area contributed by atoms with E-state index in [9.17, 15) is 19.7 Å². The number of benzene rings is 2. The van der Waals surface area contributed by atoms with Crippen LogP contribution < -0.4 is 0 Å². The van der Waals surface area contributed by atoms with Gasteiger partial charge in [0, 0.05) is 30.2 Å². The fraction of sp³-hybridized carbons (Fsp3) is 0.105. The Morgan fingerprint density at radius 1 is 1.04 bits per heavy atom. The predicted molar refractivity (Wildman–Crippen MR) is 100 cm³/mol. The van der Waals surface area contributed by atoms with E-state index in [1.807, 2.05) is 11.5 Å². The number of imidazole rings is 1. The summed E-state index contributed by atoms with van der Waals surface area (Å²) in [6, 6.07) is 8.77. The molecule has 0 spiro atoms. The summed E-state index contributed by atoms with van der Waals surface area (Å²) in [7, 11) is 0. The van der Waals surface area contributed by atoms with Crippen molar-refractivity contribution in [3.8, 4) is 5.69 Å². The maximum absolute atomic E-state index is 10.6. The van der Waals surface area contributed by atoms with Crippen molar-refractivity contribution >= 4 is 17.6 Å². The zero-order chi connectivity index (χ0) is 20.8. The Labute approximate surface area is 159 Å². The van der Waals surface area contributed by atoms with Gasteiger partial charge in [0.1, 0.15) is 0 Å². The molecule has 9 nitrogen and oxygen atoms in total. The van der Waals surface area contributed by atoms with E-state index in [2.05, 4.69) is 4.98 Å². The minimum atomic E-state index is -1.12. The van der Waals surface area contributed by atoms with Crippen LogP contribution in [0.1, 0.15) is 31.8 Å². The molecule has 0 aliphatic rings. The first-order valence-electron chi connectivity index (χ1n) is 8.01. The quantitative estimate of drug-likeness (QED) is 0.520. The van der Waals surface area contributed by atoms with Crippen molar-refractivity contribution in [3.05, 3.63) is 87.5 Å². The lowest BCUT2D eigenvalue weighted by molar-refractivity contribution is -0.384. The molecule has 0 bridgehead atoms. The van der Waals surface area contributed by atoms with E-state index >= 15 is 0 Å². The first kappa shape index (κ1) is 20.3. The van der Waals surface area contributed by atoms with Crippen molar-refractivity contribution in [3.63, 3.8) is 0 Å². The normalized spacial score (nSPS) is 9.93. The molecule has 2 N–H and O–H groups in total. The number of carboxylic acids is 2. The van der Waals surface area contributed by atoms with Gasteiger partial charge in [-0.1, -0.05) is 6.07 Å². The van der Waals surface area contributed by atoms with Gasteiger partial charge in [-0.3, -0.25) is 10.1 Å². The first-order chi connectivity index (χ1) is 13.2. The van der Waals surface area contributed by atoms with Crippen molar-refractivity contribution in [2.45, 2.75) is 13.8 Å². The Kier molecular flexibility index (Phi) is 6.22. The second kappa shape index (κ2) is 8.58. The molecule has 0 aliphatic carbocycles. The minimum Gasteiger partial charge on any atom is -0.478 e. The predicted octanol–water partition coefficient (Wildman–Crippen LogP) is 3.48. The lowest BCUT2D eigenvalue weighted by atomic mass is 10.1. The molecule has 0 saturated carbocycles. The van der Waals surface area contributed by atoms with Gasteiger partial charge in [0.25, 0.3) is 5.69 Å². The van der Waals surface area contributed by atoms with Crippen molar-refractivity contribution in [2.24, 2.45) is 0 Å². The van der Waals surface area contributed by atoms with Crippen LogP contribution in [0.15, 0.2) is 55.1 Å². The summed E-state index contributed by atoms with van der Waals surface area (Å²) < 4.78 is 1.82. The van der Waals surface area contributed by atoms with Gasteiger partial charge in [-0.2, -0.15) is 0 Å². The van der Waals surface area contributed by atoms with Crippen LogP contribution in [0.2, 0.25) is 0 Å². The van der Waals surface area contributed by atoms with Crippen molar-refractivity contribution in [1.82, 2.24) is 9.55 Å². The lowest BCUT2D eigenvalue weighted by Gasteiger charge is -2.05. The number of aryl methyl sites for hydroxylation is 2. The third-order valence-electron chi connectivity index (χ3n) is 3.89. The minimum absolute atomic E-state index is 0.0111. The summed E-state index contributed by atoms with van der Waals surface area (Å²) in [6.45, 7) is 3.46. The van der Waals surface area contributed by atoms with Gasteiger partial charge in [0.15, 0.2) is 0 Å². The van der Waals surface area contributed by atoms with E-state index < -0.39 is 16.9 Å². The van der Waals surface area contributed by atoms with Crippen LogP contribution in [0.3, 0.4) is 0 Å². The van der Waals surface area contributed by atoms with Gasteiger partial charge in [-0.05, 0) is 43.2 Å². The third kappa shape index (κ3) is 4.79. The Morgan fingerprint density at radius 3 is 2.25 bits per heavy atom. The zero-order valence-electron chi connectivity index (χ0n) is 15.1. The van der Waals surface area contributed by atoms with E-state index in [1.54, 1.807) is 37.8 Å². The maximum atomic E-state index is 10.6. The number of carbonyl (C=O) groups is 2. The first-order valence-corrected chi connectivity index (χ1v) is 8.01. The molecule has 1 heterocycles. The summed E-state index contributed by atoms with van der Waals surface area (Å²) in [5.41, 5.74) is 2.43. The van der Waals surface area contributed by atoms with Crippen LogP contribution in [0.5, 0.6) is 0 Å². The fourth-order valence-electron chi connectivity index (χ4n) is 2.43. The van der Waals surface area contributed by atoms with Gasteiger partial charge in [-0.15, -0.1) is 0 Å². The Hall–Kier alpha value is -4.01. The van der Waals surface area contributed by atoms with Gasteiger partial charge in [0.05, 0.1) is 22.4 Å². The highest BCUT2D eigenvalue weighted by Crippen LogP contribution is 2.19. The van der Waals surface area contributed by atoms with Crippen LogP contribution in [0.4, 0.5) is 5.69 Å². The SMILES string of the molecule is Cc1cc([N+](=O)[O-])ccc1-n1ccnc1.Cc1ccc(C(=O)O)cc1C(=O)O. The van der Waals surface area contributed by atoms with Crippen molar-refractivity contribution in [2.75, 3.05) is 0 Å². The Morgan fingerprint density at radius 2 is 1.75 bits per heavy atom. The van der Waals surface area contributed by atoms with Gasteiger partial charge < -0.3 is 14.8 Å². The van der Waals surface area contributed by atoms with Crippen molar-refractivity contribution < 1.29 is 24.7 Å². The molecule has 0 saturated heterocycles. The number of hydrogen-bond donors (Lipinski definition) is 2. The number of aromatic carboxylic acids is 2. The number of nitro groups is 1. The van der Waals surface area contributed by atoms with Crippen LogP contribution in [0, 0.1) is 24.0 Å². The number of nitrogens with zero attached hydrogens (tertiary/aromatic N) is 3. The summed E-state index contributed by atoms with van der Waals surface area (Å²) in [6.07, 6.45) is 5.13. The molecular formula is C19H17N3O6. The molecule has 1 aromatic heterocycles. The highest BCUT2D eigenvalue weighted by Gasteiger charge is 2.11. The standard InChI is InChI=1S/C10H9N3O2.C9H8O4/c1-8-6-9(13(14)15)2-3-10(8)12-5-4-11-7-12;1-5-2-3-6(8(10)11)4-7(5)9(12)13/h2-7H,1H3;2-4H,1H3,(H,10,11)(H,12,13). The van der Waals surface area contributed by atoms with Gasteiger partial charge in [-0.25, -0.2) is 14.6 Å². The molecule has 9 heteroatoms. The van der Waals surface area contributed by atoms with E-state index in [4.69, 9.17) is 10.2 Å². The molecule has 28 heavy (non-hydrogen) atoms. The van der Waals surface area contributed by atoms with Crippen LogP contribution in [-0.4, -0.2) is 36.6 Å². The van der Waals surface area contributed by atoms with Crippen LogP contribution >= 0.6 is 0 Å². The molecule has 0 aliphatic heterocycles. The Balaban J connectivity index is 0.000000203. The molecule has 3 aromatic rings. The number of nitro benzene ring substituents is 1. The van der Waals surface area contributed by atoms with E-state index in [-0.39, 0.29) is 16.8 Å². The second-order valence-corrected chi connectivity index (χ2v) is 5.84. The zero-order valence-corrected chi connectivity index (χ0v) is 15.1. The molecule has 2 aromatic carbocycles. The highest BCUT2D eigenvalue weighted by atomic mass is 16.6. The summed E-state index contributed by atoms with van der Waals surface area (Å²) in [4.78, 5) is 35.2. The van der Waals surface area contributed by atoms with Crippen LogP contribution in [0.25, 0.3) is 5.69 Å². The number of rotatable bonds is 4. The smallest absolute Gasteiger partial charge is 0.335 e. The number of hydrogen-bond acceptors (Lipinski definition) is 5. The van der Waals surface area contributed by atoms with E-state index in [0.29, 0.717) is 5.56 Å². The number of aromatic nitrogens is 2. The second-order valence-electron chi connectivity index (χ2n) is 5.84. The van der Waals surface area contributed by atoms with E-state index in [1.165, 1.54) is 18.2 Å². The molecule has 0 radical (unpaired) electrons. The fourth-order valence-corrected chi connectivity index (χ4v) is 2.43. The van der Waals surface area contributed by atoms with E-state index in [0.717, 1.165) is 17.3 Å². The molecule has 0 atom stereocenters. The maximum Gasteiger partial charge on any atom is 0.335 e. The molecule has 0 fully saturated rings. The number of carboxylic acid groups (broad SMARTS) is 2. The van der Waals surface area contributed by atoms with Gasteiger partial charge in [0.2, 0.25) is 0 Å². The third-order valence-corrected chi connectivity index (χ3v) is 3.89. The molecule has 0 amide bonds. The summed E-state index contributed by atoms with van der Waals surface area (Å²) in [5.74, 6) is -2.23. The molecule has 3 rings (SSSR count). The lowest BCUT2D eigenvalue weighted by Crippen LogP contribution is -2.03. The number of non-ortho nitro benzene ring substituents is 1.